The van der Waals surface area contributed by atoms with Crippen LogP contribution in [0.1, 0.15) is 40.0 Å². The zero-order chi connectivity index (χ0) is 13.3. The highest BCUT2D eigenvalue weighted by atomic mass is 16.5. The van der Waals surface area contributed by atoms with Crippen molar-refractivity contribution in [3.05, 3.63) is 0 Å². The van der Waals surface area contributed by atoms with Crippen LogP contribution in [0.2, 0.25) is 0 Å². The lowest BCUT2D eigenvalue weighted by Crippen LogP contribution is -2.37. The number of carbonyl (C=O) groups excluding carboxylic acids is 2. The molecule has 0 heterocycles. The summed E-state index contributed by atoms with van der Waals surface area (Å²) in [6, 6.07) is 0. The average molecular weight is 242 g/mol. The molecule has 1 rings (SSSR count). The molecular weight excluding hydrogens is 220 g/mol. The van der Waals surface area contributed by atoms with E-state index in [-0.39, 0.29) is 17.9 Å². The molecule has 4 nitrogen and oxygen atoms in total. The van der Waals surface area contributed by atoms with E-state index < -0.39 is 10.8 Å². The second kappa shape index (κ2) is 4.67. The van der Waals surface area contributed by atoms with Crippen LogP contribution in [-0.2, 0) is 19.1 Å². The molecule has 0 N–H and O–H groups in total. The molecule has 0 bridgehead atoms. The van der Waals surface area contributed by atoms with Crippen molar-refractivity contribution < 1.29 is 19.1 Å². The molecule has 1 aliphatic rings. The van der Waals surface area contributed by atoms with Gasteiger partial charge in [0.15, 0.2) is 0 Å². The Kier molecular flexibility index (Phi) is 3.84. The summed E-state index contributed by atoms with van der Waals surface area (Å²) in [6.07, 6.45) is 1.87. The quantitative estimate of drug-likeness (QED) is 0.712. The number of methoxy groups -OCH3 is 2. The fraction of sp³-hybridized carbons (Fsp3) is 0.846. The van der Waals surface area contributed by atoms with Crippen molar-refractivity contribution in [1.82, 2.24) is 0 Å². The first-order valence-electron chi connectivity index (χ1n) is 5.99. The molecule has 17 heavy (non-hydrogen) atoms. The van der Waals surface area contributed by atoms with Gasteiger partial charge in [-0.25, -0.2) is 0 Å². The second-order valence-electron chi connectivity index (χ2n) is 5.53. The molecule has 4 heteroatoms. The first kappa shape index (κ1) is 14.0. The maximum atomic E-state index is 12.0. The van der Waals surface area contributed by atoms with Crippen molar-refractivity contribution in [2.24, 2.45) is 16.7 Å². The lowest BCUT2D eigenvalue weighted by molar-refractivity contribution is -0.158. The third kappa shape index (κ3) is 2.17. The fourth-order valence-corrected chi connectivity index (χ4v) is 2.90. The number of ether oxygens (including phenoxy) is 2. The highest BCUT2D eigenvalue weighted by molar-refractivity contribution is 5.82. The van der Waals surface area contributed by atoms with E-state index in [1.807, 2.05) is 20.8 Å². The monoisotopic (exact) mass is 242 g/mol. The van der Waals surface area contributed by atoms with Crippen molar-refractivity contribution in [3.63, 3.8) is 0 Å². The van der Waals surface area contributed by atoms with Crippen LogP contribution < -0.4 is 0 Å². The summed E-state index contributed by atoms with van der Waals surface area (Å²) in [6.45, 7) is 5.87. The van der Waals surface area contributed by atoms with Gasteiger partial charge in [0.05, 0.1) is 25.0 Å². The normalized spacial score (nSPS) is 32.6. The zero-order valence-corrected chi connectivity index (χ0v) is 11.3. The van der Waals surface area contributed by atoms with Crippen LogP contribution in [0.25, 0.3) is 0 Å². The largest absolute Gasteiger partial charge is 0.469 e. The van der Waals surface area contributed by atoms with Crippen LogP contribution in [0.4, 0.5) is 0 Å². The number of hydrogen-bond acceptors (Lipinski definition) is 4. The molecule has 98 valence electrons. The zero-order valence-electron chi connectivity index (χ0n) is 11.3. The van der Waals surface area contributed by atoms with Crippen molar-refractivity contribution >= 4 is 11.9 Å². The minimum atomic E-state index is -0.562. The lowest BCUT2D eigenvalue weighted by atomic mass is 9.73. The van der Waals surface area contributed by atoms with E-state index in [0.29, 0.717) is 19.3 Å². The maximum absolute atomic E-state index is 12.0. The van der Waals surface area contributed by atoms with Gasteiger partial charge >= 0.3 is 11.9 Å². The molecule has 2 atom stereocenters. The van der Waals surface area contributed by atoms with Crippen LogP contribution >= 0.6 is 0 Å². The van der Waals surface area contributed by atoms with Gasteiger partial charge in [-0.1, -0.05) is 13.8 Å². The van der Waals surface area contributed by atoms with Crippen LogP contribution in [0.3, 0.4) is 0 Å². The Hall–Kier alpha value is -1.06. The van der Waals surface area contributed by atoms with E-state index >= 15 is 0 Å². The first-order chi connectivity index (χ1) is 7.82. The van der Waals surface area contributed by atoms with E-state index in [1.165, 1.54) is 14.2 Å². The van der Waals surface area contributed by atoms with Gasteiger partial charge in [-0.15, -0.1) is 0 Å². The van der Waals surface area contributed by atoms with Gasteiger partial charge in [-0.2, -0.15) is 0 Å². The molecule has 0 saturated heterocycles. The van der Waals surface area contributed by atoms with Gasteiger partial charge in [-0.3, -0.25) is 9.59 Å². The number of carbonyl (C=O) groups is 2. The predicted octanol–water partition coefficient (Wildman–Crippen LogP) is 2.17. The summed E-state index contributed by atoms with van der Waals surface area (Å²) in [7, 11) is 2.79. The number of rotatable bonds is 3. The van der Waals surface area contributed by atoms with E-state index in [0.717, 1.165) is 0 Å². The minimum Gasteiger partial charge on any atom is -0.469 e. The second-order valence-corrected chi connectivity index (χ2v) is 5.53. The molecule has 0 spiro atoms. The van der Waals surface area contributed by atoms with Gasteiger partial charge in [0.25, 0.3) is 0 Å². The molecule has 0 unspecified atom stereocenters. The Morgan fingerprint density at radius 2 is 1.59 bits per heavy atom. The Morgan fingerprint density at radius 1 is 1.06 bits per heavy atom. The first-order valence-corrected chi connectivity index (χ1v) is 5.99. The summed E-state index contributed by atoms with van der Waals surface area (Å²) >= 11 is 0. The van der Waals surface area contributed by atoms with Gasteiger partial charge in [0, 0.05) is 0 Å². The van der Waals surface area contributed by atoms with Crippen molar-refractivity contribution in [1.29, 1.82) is 0 Å². The topological polar surface area (TPSA) is 52.6 Å². The minimum absolute atomic E-state index is 0.154. The van der Waals surface area contributed by atoms with Crippen LogP contribution in [0.5, 0.6) is 0 Å². The van der Waals surface area contributed by atoms with Gasteiger partial charge in [0.1, 0.15) is 0 Å². The number of esters is 2. The van der Waals surface area contributed by atoms with Gasteiger partial charge in [-0.05, 0) is 32.1 Å². The molecule has 0 amide bonds. The molecular formula is C13H22O4. The van der Waals surface area contributed by atoms with Gasteiger partial charge < -0.3 is 9.47 Å². The lowest BCUT2D eigenvalue weighted by Gasteiger charge is -2.32. The number of hydrogen-bond donors (Lipinski definition) is 0. The fourth-order valence-electron chi connectivity index (χ4n) is 2.90. The molecule has 0 aromatic rings. The van der Waals surface area contributed by atoms with E-state index in [2.05, 4.69) is 0 Å². The summed E-state index contributed by atoms with van der Waals surface area (Å²) in [5.74, 6) is -0.287. The van der Waals surface area contributed by atoms with Gasteiger partial charge in [0.2, 0.25) is 0 Å². The Morgan fingerprint density at radius 3 is 2.00 bits per heavy atom. The standard InChI is InChI=1S/C13H22O4/c1-9(2)13(11(15)17-5)7-6-12(3,8-13)10(14)16-4/h9H,6-8H2,1-5H3/t12-,13-/m0/s1. The Bertz CT molecular complexity index is 323. The van der Waals surface area contributed by atoms with E-state index in [9.17, 15) is 9.59 Å². The highest BCUT2D eigenvalue weighted by Crippen LogP contribution is 2.54. The smallest absolute Gasteiger partial charge is 0.312 e. The van der Waals surface area contributed by atoms with Crippen molar-refractivity contribution in [3.8, 4) is 0 Å². The maximum Gasteiger partial charge on any atom is 0.312 e. The van der Waals surface area contributed by atoms with Crippen molar-refractivity contribution in [2.75, 3.05) is 14.2 Å². The molecule has 0 aromatic carbocycles. The molecule has 1 saturated carbocycles. The predicted molar refractivity (Wildman–Crippen MR) is 63.3 cm³/mol. The molecule has 0 radical (unpaired) electrons. The van der Waals surface area contributed by atoms with Crippen LogP contribution in [-0.4, -0.2) is 26.2 Å². The summed E-state index contributed by atoms with van der Waals surface area (Å²) in [5, 5.41) is 0. The summed E-state index contributed by atoms with van der Waals surface area (Å²) < 4.78 is 9.75. The van der Waals surface area contributed by atoms with Crippen LogP contribution in [0.15, 0.2) is 0 Å². The van der Waals surface area contributed by atoms with E-state index in [1.54, 1.807) is 0 Å². The Labute approximate surface area is 103 Å². The van der Waals surface area contributed by atoms with Crippen molar-refractivity contribution in [2.45, 2.75) is 40.0 Å². The average Bonchev–Trinajstić information content (AvgIpc) is 2.68. The third-order valence-corrected chi connectivity index (χ3v) is 4.20. The van der Waals surface area contributed by atoms with Crippen LogP contribution in [0, 0.1) is 16.7 Å². The third-order valence-electron chi connectivity index (χ3n) is 4.20. The molecule has 0 aromatic heterocycles. The molecule has 1 aliphatic carbocycles. The summed E-state index contributed by atoms with van der Waals surface area (Å²) in [5.41, 5.74) is -1.11. The Balaban J connectivity index is 3.01. The van der Waals surface area contributed by atoms with E-state index in [4.69, 9.17) is 9.47 Å². The molecule has 0 aliphatic heterocycles. The summed E-state index contributed by atoms with van der Waals surface area (Å²) in [4.78, 5) is 23.8. The SMILES string of the molecule is COC(=O)[C@@]1(C)CC[C@@](C(=O)OC)(C(C)C)C1. The highest BCUT2D eigenvalue weighted by Gasteiger charge is 2.56. The molecule has 1 fully saturated rings.